The lowest BCUT2D eigenvalue weighted by Crippen LogP contribution is -2.44. The molecule has 1 heterocycles. The standard InChI is InChI=1S/C23H33BS2.C17H32N2/c1-17(2)24(18-9-13-20(14-10-18)25-22(3,4)5)19-11-15-21(16-12-19)26-23(6,7)8;1-6-8-17-11-18-13-19(17)12-16(7-2)10-15(5)9-14(3)4/h9-17H,1-8H3;11,13-16H,6-10,12H2,1-5H3. The molecule has 3 rings (SSSR count). The Labute approximate surface area is 287 Å². The lowest BCUT2D eigenvalue weighted by molar-refractivity contribution is 0.305. The fourth-order valence-corrected chi connectivity index (χ4v) is 8.21. The minimum Gasteiger partial charge on any atom is -0.334 e. The van der Waals surface area contributed by atoms with Gasteiger partial charge in [0, 0.05) is 37.7 Å². The molecule has 2 atom stereocenters. The summed E-state index contributed by atoms with van der Waals surface area (Å²) in [5.41, 5.74) is 4.22. The van der Waals surface area contributed by atoms with Crippen LogP contribution in [0.2, 0.25) is 5.82 Å². The zero-order valence-electron chi connectivity index (χ0n) is 31.1. The molecule has 2 aromatic carbocycles. The molecule has 1 aromatic heterocycles. The Hall–Kier alpha value is -1.59. The molecule has 2 nitrogen and oxygen atoms in total. The van der Waals surface area contributed by atoms with Crippen LogP contribution >= 0.6 is 23.5 Å². The molecule has 0 saturated heterocycles. The summed E-state index contributed by atoms with van der Waals surface area (Å²) >= 11 is 3.86. The van der Waals surface area contributed by atoms with E-state index in [9.17, 15) is 0 Å². The largest absolute Gasteiger partial charge is 0.334 e. The van der Waals surface area contributed by atoms with Gasteiger partial charge < -0.3 is 4.57 Å². The van der Waals surface area contributed by atoms with Gasteiger partial charge in [-0.25, -0.2) is 4.98 Å². The highest BCUT2D eigenvalue weighted by Crippen LogP contribution is 2.32. The van der Waals surface area contributed by atoms with Crippen LogP contribution in [0.3, 0.4) is 0 Å². The number of hydrogen-bond acceptors (Lipinski definition) is 3. The lowest BCUT2D eigenvalue weighted by Gasteiger charge is -2.22. The van der Waals surface area contributed by atoms with Crippen molar-refractivity contribution in [1.29, 1.82) is 0 Å². The van der Waals surface area contributed by atoms with Crippen molar-refractivity contribution in [2.45, 2.75) is 154 Å². The Kier molecular flexibility index (Phi) is 16.4. The van der Waals surface area contributed by atoms with E-state index in [1.165, 1.54) is 52.1 Å². The predicted octanol–water partition coefficient (Wildman–Crippen LogP) is 11.4. The topological polar surface area (TPSA) is 17.8 Å². The van der Waals surface area contributed by atoms with Crippen LogP contribution in [0.25, 0.3) is 0 Å². The van der Waals surface area contributed by atoms with Crippen molar-refractivity contribution in [3.05, 3.63) is 66.7 Å². The van der Waals surface area contributed by atoms with Crippen molar-refractivity contribution < 1.29 is 0 Å². The molecule has 2 unspecified atom stereocenters. The first-order chi connectivity index (χ1) is 21.0. The molecule has 0 aliphatic carbocycles. The molecule has 0 spiro atoms. The number of rotatable bonds is 14. The monoisotopic (exact) mass is 648 g/mol. The molecular weight excluding hydrogens is 583 g/mol. The summed E-state index contributed by atoms with van der Waals surface area (Å²) in [6.45, 7) is 31.4. The van der Waals surface area contributed by atoms with Gasteiger partial charge in [-0.2, -0.15) is 0 Å². The minimum absolute atomic E-state index is 0.250. The fraction of sp³-hybridized carbons (Fsp3) is 0.625. The van der Waals surface area contributed by atoms with E-state index in [2.05, 4.69) is 148 Å². The van der Waals surface area contributed by atoms with Crippen molar-refractivity contribution in [1.82, 2.24) is 9.55 Å². The average Bonchev–Trinajstić information content (AvgIpc) is 3.35. The van der Waals surface area contributed by atoms with Crippen molar-refractivity contribution in [3.8, 4) is 0 Å². The first kappa shape index (κ1) is 39.6. The quantitative estimate of drug-likeness (QED) is 0.128. The molecule has 250 valence electrons. The van der Waals surface area contributed by atoms with E-state index in [0.29, 0.717) is 12.5 Å². The Morgan fingerprint density at radius 3 is 1.60 bits per heavy atom. The van der Waals surface area contributed by atoms with Gasteiger partial charge in [0.25, 0.3) is 0 Å². The van der Waals surface area contributed by atoms with E-state index in [0.717, 1.165) is 30.7 Å². The first-order valence-electron chi connectivity index (χ1n) is 17.6. The maximum Gasteiger partial charge on any atom is 0.211 e. The van der Waals surface area contributed by atoms with Gasteiger partial charge in [-0.05, 0) is 61.3 Å². The summed E-state index contributed by atoms with van der Waals surface area (Å²) in [7, 11) is 0. The van der Waals surface area contributed by atoms with Gasteiger partial charge in [0.1, 0.15) is 0 Å². The molecule has 0 bridgehead atoms. The highest BCUT2D eigenvalue weighted by atomic mass is 32.2. The number of hydrogen-bond donors (Lipinski definition) is 0. The van der Waals surface area contributed by atoms with Gasteiger partial charge in [-0.15, -0.1) is 23.5 Å². The molecular formula is C40H65BN2S2. The van der Waals surface area contributed by atoms with Crippen LogP contribution in [0.5, 0.6) is 0 Å². The van der Waals surface area contributed by atoms with E-state index >= 15 is 0 Å². The maximum absolute atomic E-state index is 4.32. The fourth-order valence-electron chi connectivity index (χ4n) is 6.25. The summed E-state index contributed by atoms with van der Waals surface area (Å²) in [6, 6.07) is 18.4. The summed E-state index contributed by atoms with van der Waals surface area (Å²) in [5, 5.41) is 0. The Bertz CT molecular complexity index is 1160. The molecule has 5 heteroatoms. The van der Waals surface area contributed by atoms with E-state index in [1.54, 1.807) is 0 Å². The minimum atomic E-state index is 0.250. The van der Waals surface area contributed by atoms with Crippen molar-refractivity contribution >= 4 is 41.2 Å². The second-order valence-corrected chi connectivity index (χ2v) is 19.6. The van der Waals surface area contributed by atoms with Gasteiger partial charge in [0.15, 0.2) is 0 Å². The molecule has 0 amide bonds. The zero-order valence-corrected chi connectivity index (χ0v) is 32.7. The van der Waals surface area contributed by atoms with Gasteiger partial charge in [0.2, 0.25) is 6.71 Å². The second kappa shape index (κ2) is 18.7. The molecule has 45 heavy (non-hydrogen) atoms. The molecule has 0 aliphatic heterocycles. The highest BCUT2D eigenvalue weighted by molar-refractivity contribution is 8.00. The highest BCUT2D eigenvalue weighted by Gasteiger charge is 2.24. The number of imidazole rings is 1. The molecule has 0 radical (unpaired) electrons. The van der Waals surface area contributed by atoms with Crippen LogP contribution in [0, 0.1) is 17.8 Å². The smallest absolute Gasteiger partial charge is 0.211 e. The SMILES string of the molecule is CC(C)B(c1ccc(SC(C)(C)C)cc1)c1ccc(SC(C)(C)C)cc1.CCCc1cncn1CC(CC)CC(C)CC(C)C. The molecule has 0 aliphatic rings. The first-order valence-corrected chi connectivity index (χ1v) is 19.2. The van der Waals surface area contributed by atoms with Crippen molar-refractivity contribution in [2.24, 2.45) is 17.8 Å². The van der Waals surface area contributed by atoms with Crippen molar-refractivity contribution in [3.63, 3.8) is 0 Å². The maximum atomic E-state index is 4.32. The second-order valence-electron chi connectivity index (χ2n) is 15.8. The molecule has 0 fully saturated rings. The molecule has 0 N–H and O–H groups in total. The predicted molar refractivity (Wildman–Crippen MR) is 207 cm³/mol. The summed E-state index contributed by atoms with van der Waals surface area (Å²) in [5.74, 6) is 3.01. The third-order valence-electron chi connectivity index (χ3n) is 7.94. The zero-order chi connectivity index (χ0) is 33.8. The molecule has 0 saturated carbocycles. The van der Waals surface area contributed by atoms with Crippen LogP contribution in [0.15, 0.2) is 70.8 Å². The third-order valence-corrected chi connectivity index (χ3v) is 10.2. The summed E-state index contributed by atoms with van der Waals surface area (Å²) < 4.78 is 2.87. The normalized spacial score (nSPS) is 13.5. The Balaban J connectivity index is 0.000000330. The third kappa shape index (κ3) is 15.2. The Morgan fingerprint density at radius 2 is 1.22 bits per heavy atom. The van der Waals surface area contributed by atoms with Crippen LogP contribution < -0.4 is 10.9 Å². The number of thioether (sulfide) groups is 2. The lowest BCUT2D eigenvalue weighted by atomic mass is 9.34. The summed E-state index contributed by atoms with van der Waals surface area (Å²) in [6.07, 6.45) is 10.4. The van der Waals surface area contributed by atoms with Crippen LogP contribution in [0.4, 0.5) is 0 Å². The van der Waals surface area contributed by atoms with E-state index in [1.807, 2.05) is 36.0 Å². The number of benzene rings is 2. The van der Waals surface area contributed by atoms with Crippen LogP contribution in [0.1, 0.15) is 121 Å². The van der Waals surface area contributed by atoms with Gasteiger partial charge >= 0.3 is 0 Å². The number of nitrogens with zero attached hydrogens (tertiary/aromatic N) is 2. The van der Waals surface area contributed by atoms with Crippen LogP contribution in [-0.4, -0.2) is 25.8 Å². The van der Waals surface area contributed by atoms with Gasteiger partial charge in [-0.3, -0.25) is 0 Å². The number of aryl methyl sites for hydroxylation is 1. The molecule has 3 aromatic rings. The average molecular weight is 649 g/mol. The van der Waals surface area contributed by atoms with Crippen LogP contribution in [-0.2, 0) is 13.0 Å². The van der Waals surface area contributed by atoms with E-state index in [-0.39, 0.29) is 9.49 Å². The van der Waals surface area contributed by atoms with E-state index < -0.39 is 0 Å². The Morgan fingerprint density at radius 1 is 0.733 bits per heavy atom. The van der Waals surface area contributed by atoms with E-state index in [4.69, 9.17) is 0 Å². The van der Waals surface area contributed by atoms with Gasteiger partial charge in [-0.1, -0.05) is 144 Å². The summed E-state index contributed by atoms with van der Waals surface area (Å²) in [4.78, 5) is 7.01. The van der Waals surface area contributed by atoms with Gasteiger partial charge in [0.05, 0.1) is 6.33 Å². The number of aromatic nitrogens is 2. The van der Waals surface area contributed by atoms with Crippen molar-refractivity contribution in [2.75, 3.05) is 0 Å².